The van der Waals surface area contributed by atoms with Gasteiger partial charge >= 0.3 is 0 Å². The van der Waals surface area contributed by atoms with Gasteiger partial charge in [0.1, 0.15) is 10.3 Å². The smallest absolute Gasteiger partial charge is 0.258 e. The summed E-state index contributed by atoms with van der Waals surface area (Å²) in [6.07, 6.45) is 0.584. The number of pyridine rings is 1. The highest BCUT2D eigenvalue weighted by Gasteiger charge is 2.12. The lowest BCUT2D eigenvalue weighted by molar-refractivity contribution is 0.102. The number of aliphatic hydroxyl groups excluding tert-OH is 1. The third kappa shape index (κ3) is 3.70. The number of nitrogens with zero attached hydrogens (tertiary/aromatic N) is 1. The van der Waals surface area contributed by atoms with E-state index in [0.29, 0.717) is 12.1 Å². The number of hydrogen-bond donors (Lipinski definition) is 2. The molecule has 6 heteroatoms. The van der Waals surface area contributed by atoms with Gasteiger partial charge in [0, 0.05) is 12.3 Å². The Bertz CT molecular complexity index is 615. The van der Waals surface area contributed by atoms with Crippen LogP contribution in [0.15, 0.2) is 36.4 Å². The molecule has 0 bridgehead atoms. The summed E-state index contributed by atoms with van der Waals surface area (Å²) in [6.45, 7) is 0.0950. The summed E-state index contributed by atoms with van der Waals surface area (Å²) < 4.78 is 0. The number of rotatable bonds is 4. The summed E-state index contributed by atoms with van der Waals surface area (Å²) in [5.41, 5.74) is 1.90. The zero-order chi connectivity index (χ0) is 14.5. The molecule has 0 aliphatic heterocycles. The SMILES string of the molecule is O=C(Nc1ccc(CCO)cc1)c1ccc(Cl)nc1Cl. The van der Waals surface area contributed by atoms with E-state index in [4.69, 9.17) is 28.3 Å². The standard InChI is InChI=1S/C14H12Cl2N2O2/c15-12-6-5-11(13(16)18-12)14(20)17-10-3-1-9(2-4-10)7-8-19/h1-6,19H,7-8H2,(H,17,20). The molecule has 0 saturated carbocycles. The number of nitrogens with one attached hydrogen (secondary N) is 1. The van der Waals surface area contributed by atoms with Crippen LogP contribution in [0.2, 0.25) is 10.3 Å². The first-order chi connectivity index (χ1) is 9.60. The fourth-order valence-electron chi connectivity index (χ4n) is 1.66. The molecular formula is C14H12Cl2N2O2. The molecule has 0 aliphatic rings. The van der Waals surface area contributed by atoms with Crippen molar-refractivity contribution in [2.75, 3.05) is 11.9 Å². The quantitative estimate of drug-likeness (QED) is 0.853. The molecule has 0 radical (unpaired) electrons. The van der Waals surface area contributed by atoms with Gasteiger partial charge in [-0.25, -0.2) is 4.98 Å². The topological polar surface area (TPSA) is 62.2 Å². The number of carbonyl (C=O) groups excluding carboxylic acids is 1. The van der Waals surface area contributed by atoms with E-state index in [0.717, 1.165) is 5.56 Å². The van der Waals surface area contributed by atoms with Gasteiger partial charge in [0.05, 0.1) is 5.56 Å². The average molecular weight is 311 g/mol. The average Bonchev–Trinajstić information content (AvgIpc) is 2.41. The summed E-state index contributed by atoms with van der Waals surface area (Å²) in [4.78, 5) is 15.9. The predicted octanol–water partition coefficient (Wildman–Crippen LogP) is 3.18. The Morgan fingerprint density at radius 3 is 2.45 bits per heavy atom. The van der Waals surface area contributed by atoms with Crippen molar-refractivity contribution in [1.29, 1.82) is 0 Å². The minimum Gasteiger partial charge on any atom is -0.396 e. The van der Waals surface area contributed by atoms with Crippen LogP contribution in [0, 0.1) is 0 Å². The Hall–Kier alpha value is -1.62. The van der Waals surface area contributed by atoms with Crippen LogP contribution in [0.3, 0.4) is 0 Å². The van der Waals surface area contributed by atoms with E-state index in [2.05, 4.69) is 10.3 Å². The Labute approximate surface area is 126 Å². The highest BCUT2D eigenvalue weighted by molar-refractivity contribution is 6.35. The first-order valence-electron chi connectivity index (χ1n) is 5.93. The minimum atomic E-state index is -0.353. The largest absolute Gasteiger partial charge is 0.396 e. The van der Waals surface area contributed by atoms with Crippen LogP contribution in [0.4, 0.5) is 5.69 Å². The normalized spacial score (nSPS) is 10.3. The molecule has 2 N–H and O–H groups in total. The van der Waals surface area contributed by atoms with Gasteiger partial charge in [-0.3, -0.25) is 4.79 Å². The van der Waals surface area contributed by atoms with E-state index in [1.807, 2.05) is 12.1 Å². The Balaban J connectivity index is 2.11. The number of aromatic nitrogens is 1. The summed E-state index contributed by atoms with van der Waals surface area (Å²) in [5.74, 6) is -0.353. The van der Waals surface area contributed by atoms with Crippen molar-refractivity contribution in [3.8, 4) is 0 Å². The summed E-state index contributed by atoms with van der Waals surface area (Å²) in [7, 11) is 0. The zero-order valence-corrected chi connectivity index (χ0v) is 11.9. The van der Waals surface area contributed by atoms with Gasteiger partial charge in [-0.05, 0) is 36.2 Å². The number of carbonyl (C=O) groups is 1. The maximum Gasteiger partial charge on any atom is 0.258 e. The van der Waals surface area contributed by atoms with Crippen LogP contribution in [0.1, 0.15) is 15.9 Å². The molecule has 0 spiro atoms. The second kappa shape index (κ2) is 6.70. The summed E-state index contributed by atoms with van der Waals surface area (Å²) in [5, 5.41) is 11.9. The maximum atomic E-state index is 12.0. The zero-order valence-electron chi connectivity index (χ0n) is 10.4. The van der Waals surface area contributed by atoms with Crippen LogP contribution in [0.25, 0.3) is 0 Å². The van der Waals surface area contributed by atoms with Crippen molar-refractivity contribution < 1.29 is 9.90 Å². The number of hydrogen-bond acceptors (Lipinski definition) is 3. The molecule has 2 rings (SSSR count). The summed E-state index contributed by atoms with van der Waals surface area (Å²) in [6, 6.07) is 10.2. The van der Waals surface area contributed by atoms with Gasteiger partial charge < -0.3 is 10.4 Å². The van der Waals surface area contributed by atoms with E-state index in [9.17, 15) is 4.79 Å². The first-order valence-corrected chi connectivity index (χ1v) is 6.69. The predicted molar refractivity (Wildman–Crippen MR) is 79.4 cm³/mol. The van der Waals surface area contributed by atoms with Gasteiger partial charge in [-0.15, -0.1) is 0 Å². The molecule has 0 atom stereocenters. The van der Waals surface area contributed by atoms with Crippen molar-refractivity contribution in [3.63, 3.8) is 0 Å². The van der Waals surface area contributed by atoms with Crippen molar-refractivity contribution in [3.05, 3.63) is 57.8 Å². The number of amides is 1. The van der Waals surface area contributed by atoms with Gasteiger partial charge in [0.2, 0.25) is 0 Å². The molecule has 4 nitrogen and oxygen atoms in total. The van der Waals surface area contributed by atoms with Gasteiger partial charge in [-0.1, -0.05) is 35.3 Å². The lowest BCUT2D eigenvalue weighted by Gasteiger charge is -2.07. The third-order valence-electron chi connectivity index (χ3n) is 2.67. The number of benzene rings is 1. The van der Waals surface area contributed by atoms with Gasteiger partial charge in [0.15, 0.2) is 0 Å². The number of halogens is 2. The monoisotopic (exact) mass is 310 g/mol. The van der Waals surface area contributed by atoms with Crippen molar-refractivity contribution in [2.45, 2.75) is 6.42 Å². The van der Waals surface area contributed by atoms with Crippen molar-refractivity contribution >= 4 is 34.8 Å². The van der Waals surface area contributed by atoms with E-state index in [-0.39, 0.29) is 28.4 Å². The number of aliphatic hydroxyl groups is 1. The highest BCUT2D eigenvalue weighted by atomic mass is 35.5. The highest BCUT2D eigenvalue weighted by Crippen LogP contribution is 2.18. The molecule has 0 aliphatic carbocycles. The van der Waals surface area contributed by atoms with Crippen LogP contribution < -0.4 is 5.32 Å². The van der Waals surface area contributed by atoms with Crippen LogP contribution in [-0.2, 0) is 6.42 Å². The fourth-order valence-corrected chi connectivity index (χ4v) is 2.09. The molecule has 104 valence electrons. The molecule has 0 unspecified atom stereocenters. The van der Waals surface area contributed by atoms with Gasteiger partial charge in [-0.2, -0.15) is 0 Å². The van der Waals surface area contributed by atoms with E-state index in [1.54, 1.807) is 12.1 Å². The van der Waals surface area contributed by atoms with Crippen LogP contribution in [0.5, 0.6) is 0 Å². The second-order valence-electron chi connectivity index (χ2n) is 4.10. The Morgan fingerprint density at radius 2 is 1.85 bits per heavy atom. The molecule has 0 saturated heterocycles. The molecule has 1 aromatic heterocycles. The van der Waals surface area contributed by atoms with E-state index < -0.39 is 0 Å². The molecule has 2 aromatic rings. The van der Waals surface area contributed by atoms with Crippen LogP contribution in [-0.4, -0.2) is 22.6 Å². The third-order valence-corrected chi connectivity index (χ3v) is 3.17. The molecule has 1 heterocycles. The Kier molecular flexibility index (Phi) is 4.95. The molecule has 0 fully saturated rings. The number of anilines is 1. The minimum absolute atomic E-state index is 0.0619. The van der Waals surface area contributed by atoms with Gasteiger partial charge in [0.25, 0.3) is 5.91 Å². The molecule has 1 aromatic carbocycles. The van der Waals surface area contributed by atoms with Crippen molar-refractivity contribution in [2.24, 2.45) is 0 Å². The Morgan fingerprint density at radius 1 is 1.15 bits per heavy atom. The van der Waals surface area contributed by atoms with Crippen LogP contribution >= 0.6 is 23.2 Å². The molecule has 20 heavy (non-hydrogen) atoms. The second-order valence-corrected chi connectivity index (χ2v) is 4.84. The lowest BCUT2D eigenvalue weighted by Crippen LogP contribution is -2.13. The fraction of sp³-hybridized carbons (Fsp3) is 0.143. The summed E-state index contributed by atoms with van der Waals surface area (Å²) >= 11 is 11.6. The first kappa shape index (κ1) is 14.8. The van der Waals surface area contributed by atoms with E-state index in [1.165, 1.54) is 12.1 Å². The maximum absolute atomic E-state index is 12.0. The molecular weight excluding hydrogens is 299 g/mol. The van der Waals surface area contributed by atoms with E-state index >= 15 is 0 Å². The lowest BCUT2D eigenvalue weighted by atomic mass is 10.1. The van der Waals surface area contributed by atoms with Crippen molar-refractivity contribution in [1.82, 2.24) is 4.98 Å². The molecule has 1 amide bonds.